The summed E-state index contributed by atoms with van der Waals surface area (Å²) >= 11 is 2.70. The van der Waals surface area contributed by atoms with E-state index in [-0.39, 0.29) is 18.1 Å². The molecule has 0 aromatic carbocycles. The van der Waals surface area contributed by atoms with E-state index in [4.69, 9.17) is 9.84 Å². The summed E-state index contributed by atoms with van der Waals surface area (Å²) in [5, 5.41) is 16.1. The number of hydrogen-bond donors (Lipinski definition) is 3. The molecule has 1 aromatic heterocycles. The Morgan fingerprint density at radius 3 is 2.63 bits per heavy atom. The minimum atomic E-state index is -0.939. The zero-order valence-electron chi connectivity index (χ0n) is 16.7. The smallest absolute Gasteiger partial charge is 0.330 e. The fourth-order valence-corrected chi connectivity index (χ4v) is 6.00. The Labute approximate surface area is 183 Å². The molecule has 3 heterocycles. The molecule has 1 aromatic rings. The van der Waals surface area contributed by atoms with Crippen molar-refractivity contribution in [3.05, 3.63) is 6.20 Å². The maximum absolute atomic E-state index is 13.2. The van der Waals surface area contributed by atoms with Gasteiger partial charge in [-0.3, -0.25) is 5.32 Å². The summed E-state index contributed by atoms with van der Waals surface area (Å²) in [6.07, 6.45) is 9.12. The molecule has 1 saturated heterocycles. The number of carboxylic acids is 1. The lowest BCUT2D eigenvalue weighted by atomic mass is 9.92. The molecule has 9 nitrogen and oxygen atoms in total. The monoisotopic (exact) mass is 453 g/mol. The standard InChI is InChI=1S/C19H27N5O4S2/c25-16(26)14-10-20-17(22-14)29-15-11-21-18(30-15)23-19(27)24(12-4-2-1-3-5-12)13-6-8-28-9-7-13/h11-14H,1-10H2,(H,20,22)(H,25,26)(H,21,23,27). The van der Waals surface area contributed by atoms with Crippen molar-refractivity contribution in [3.8, 4) is 0 Å². The predicted molar refractivity (Wildman–Crippen MR) is 116 cm³/mol. The first-order valence-electron chi connectivity index (χ1n) is 10.5. The zero-order valence-corrected chi connectivity index (χ0v) is 18.3. The number of hydrogen-bond acceptors (Lipinski definition) is 8. The minimum absolute atomic E-state index is 0.0815. The number of carbonyl (C=O) groups excluding carboxylic acids is 1. The van der Waals surface area contributed by atoms with Crippen LogP contribution in [0.1, 0.15) is 44.9 Å². The van der Waals surface area contributed by atoms with Gasteiger partial charge in [0.15, 0.2) is 16.3 Å². The molecular formula is C19H27N5O4S2. The van der Waals surface area contributed by atoms with E-state index in [2.05, 4.69) is 25.5 Å². The normalized spacial score (nSPS) is 22.9. The Bertz CT molecular complexity index is 772. The van der Waals surface area contributed by atoms with Crippen molar-refractivity contribution in [2.24, 2.45) is 4.99 Å². The molecule has 0 bridgehead atoms. The van der Waals surface area contributed by atoms with Gasteiger partial charge in [0.25, 0.3) is 0 Å². The lowest BCUT2D eigenvalue weighted by molar-refractivity contribution is -0.138. The molecule has 3 aliphatic rings. The molecule has 1 aliphatic carbocycles. The van der Waals surface area contributed by atoms with Crippen LogP contribution in [0.3, 0.4) is 0 Å². The molecule has 4 rings (SSSR count). The Hall–Kier alpha value is -1.85. The third-order valence-electron chi connectivity index (χ3n) is 5.69. The number of nitrogens with zero attached hydrogens (tertiary/aromatic N) is 3. The van der Waals surface area contributed by atoms with Gasteiger partial charge in [0.1, 0.15) is 0 Å². The van der Waals surface area contributed by atoms with Crippen molar-refractivity contribution in [3.63, 3.8) is 0 Å². The Morgan fingerprint density at radius 1 is 1.20 bits per heavy atom. The summed E-state index contributed by atoms with van der Waals surface area (Å²) in [6, 6.07) is -0.341. The van der Waals surface area contributed by atoms with Crippen molar-refractivity contribution in [1.29, 1.82) is 0 Å². The van der Waals surface area contributed by atoms with Crippen molar-refractivity contribution in [2.75, 3.05) is 25.1 Å². The van der Waals surface area contributed by atoms with Crippen molar-refractivity contribution >= 4 is 45.4 Å². The van der Waals surface area contributed by atoms with Gasteiger partial charge in [-0.15, -0.1) is 0 Å². The molecule has 164 valence electrons. The van der Waals surface area contributed by atoms with Crippen LogP contribution in [0, 0.1) is 0 Å². The number of carbonyl (C=O) groups is 2. The number of amidine groups is 1. The molecule has 30 heavy (non-hydrogen) atoms. The quantitative estimate of drug-likeness (QED) is 0.627. The number of thiazole rings is 1. The van der Waals surface area contributed by atoms with Gasteiger partial charge in [-0.2, -0.15) is 0 Å². The number of ether oxygens (including phenoxy) is 1. The fraction of sp³-hybridized carbons (Fsp3) is 0.684. The Kier molecular flexibility index (Phi) is 7.11. The summed E-state index contributed by atoms with van der Waals surface area (Å²) in [6.45, 7) is 1.69. The number of aliphatic imine (C=N–C) groups is 1. The number of carboxylic acid groups (broad SMARTS) is 1. The van der Waals surface area contributed by atoms with Gasteiger partial charge in [0, 0.05) is 25.3 Å². The first-order chi connectivity index (χ1) is 14.6. The van der Waals surface area contributed by atoms with Crippen molar-refractivity contribution in [2.45, 2.75) is 67.3 Å². The van der Waals surface area contributed by atoms with E-state index in [0.29, 0.717) is 30.1 Å². The largest absolute Gasteiger partial charge is 0.480 e. The third-order valence-corrected chi connectivity index (χ3v) is 7.64. The summed E-state index contributed by atoms with van der Waals surface area (Å²) in [5.41, 5.74) is 0. The molecule has 0 radical (unpaired) electrons. The number of anilines is 1. The second-order valence-corrected chi connectivity index (χ2v) is 10.0. The summed E-state index contributed by atoms with van der Waals surface area (Å²) in [4.78, 5) is 34.8. The van der Waals surface area contributed by atoms with Gasteiger partial charge >= 0.3 is 12.0 Å². The maximum Gasteiger partial charge on any atom is 0.330 e. The van der Waals surface area contributed by atoms with Crippen LogP contribution in [0.25, 0.3) is 0 Å². The number of urea groups is 1. The molecule has 2 amide bonds. The number of amides is 2. The average Bonchev–Trinajstić information content (AvgIpc) is 3.40. The Balaban J connectivity index is 1.40. The first kappa shape index (κ1) is 21.4. The van der Waals surface area contributed by atoms with Crippen LogP contribution in [0.15, 0.2) is 15.4 Å². The van der Waals surface area contributed by atoms with E-state index in [0.717, 1.165) is 29.9 Å². The van der Waals surface area contributed by atoms with E-state index in [1.165, 1.54) is 42.4 Å². The van der Waals surface area contributed by atoms with Gasteiger partial charge in [-0.1, -0.05) is 30.6 Å². The number of aliphatic carboxylic acids is 1. The van der Waals surface area contributed by atoms with Crippen LogP contribution >= 0.6 is 23.1 Å². The highest BCUT2D eigenvalue weighted by Gasteiger charge is 2.33. The predicted octanol–water partition coefficient (Wildman–Crippen LogP) is 2.99. The number of rotatable bonds is 5. The number of thioether (sulfide) groups is 1. The highest BCUT2D eigenvalue weighted by Crippen LogP contribution is 2.32. The van der Waals surface area contributed by atoms with Crippen LogP contribution in [0.5, 0.6) is 0 Å². The topological polar surface area (TPSA) is 116 Å². The molecule has 11 heteroatoms. The van der Waals surface area contributed by atoms with Gasteiger partial charge in [0.05, 0.1) is 17.0 Å². The highest BCUT2D eigenvalue weighted by atomic mass is 32.2. The van der Waals surface area contributed by atoms with Gasteiger partial charge in [0.2, 0.25) is 0 Å². The van der Waals surface area contributed by atoms with E-state index < -0.39 is 12.0 Å². The fourth-order valence-electron chi connectivity index (χ4n) is 4.19. The lowest BCUT2D eigenvalue weighted by Gasteiger charge is -2.41. The van der Waals surface area contributed by atoms with Crippen LogP contribution in [0.2, 0.25) is 0 Å². The van der Waals surface area contributed by atoms with Crippen LogP contribution in [-0.2, 0) is 9.53 Å². The molecule has 2 aliphatic heterocycles. The summed E-state index contributed by atoms with van der Waals surface area (Å²) < 4.78 is 6.34. The summed E-state index contributed by atoms with van der Waals surface area (Å²) in [7, 11) is 0. The Morgan fingerprint density at radius 2 is 1.93 bits per heavy atom. The minimum Gasteiger partial charge on any atom is -0.480 e. The molecule has 2 fully saturated rings. The maximum atomic E-state index is 13.2. The first-order valence-corrected chi connectivity index (χ1v) is 12.1. The molecule has 1 saturated carbocycles. The second-order valence-electron chi connectivity index (χ2n) is 7.73. The van der Waals surface area contributed by atoms with Crippen molar-refractivity contribution in [1.82, 2.24) is 15.2 Å². The van der Waals surface area contributed by atoms with Gasteiger partial charge in [-0.25, -0.2) is 19.6 Å². The van der Waals surface area contributed by atoms with Crippen LogP contribution in [0.4, 0.5) is 9.93 Å². The van der Waals surface area contributed by atoms with Gasteiger partial charge in [-0.05, 0) is 37.4 Å². The lowest BCUT2D eigenvalue weighted by Crippen LogP contribution is -2.51. The molecule has 1 unspecified atom stereocenters. The van der Waals surface area contributed by atoms with E-state index in [1.54, 1.807) is 6.20 Å². The zero-order chi connectivity index (χ0) is 20.9. The van der Waals surface area contributed by atoms with E-state index >= 15 is 0 Å². The molecular weight excluding hydrogens is 426 g/mol. The third kappa shape index (κ3) is 5.25. The average molecular weight is 454 g/mol. The number of nitrogens with one attached hydrogen (secondary N) is 2. The molecule has 1 atom stereocenters. The summed E-state index contributed by atoms with van der Waals surface area (Å²) in [5.74, 6) is -0.939. The second kappa shape index (κ2) is 9.97. The SMILES string of the molecule is O=C(O)C1CNC(Sc2cnc(NC(=O)N(C3CCCCC3)C3CCOCC3)s2)=N1. The van der Waals surface area contributed by atoms with Crippen LogP contribution in [-0.4, -0.2) is 70.0 Å². The van der Waals surface area contributed by atoms with E-state index in [9.17, 15) is 9.59 Å². The van der Waals surface area contributed by atoms with Crippen LogP contribution < -0.4 is 10.6 Å². The van der Waals surface area contributed by atoms with Gasteiger partial charge < -0.3 is 20.1 Å². The highest BCUT2D eigenvalue weighted by molar-refractivity contribution is 8.15. The molecule has 0 spiro atoms. The molecule has 3 N–H and O–H groups in total. The van der Waals surface area contributed by atoms with E-state index in [1.807, 2.05) is 0 Å². The van der Waals surface area contributed by atoms with Crippen molar-refractivity contribution < 1.29 is 19.4 Å². The number of aromatic nitrogens is 1.